The van der Waals surface area contributed by atoms with Crippen molar-refractivity contribution in [2.24, 2.45) is 5.92 Å². The van der Waals surface area contributed by atoms with Gasteiger partial charge in [0.2, 0.25) is 0 Å². The van der Waals surface area contributed by atoms with Gasteiger partial charge in [-0.25, -0.2) is 0 Å². The van der Waals surface area contributed by atoms with Gasteiger partial charge in [0.25, 0.3) is 0 Å². The van der Waals surface area contributed by atoms with Gasteiger partial charge < -0.3 is 13.8 Å². The van der Waals surface area contributed by atoms with E-state index in [4.69, 9.17) is 13.8 Å². The Morgan fingerprint density at radius 1 is 1.19 bits per heavy atom. The van der Waals surface area contributed by atoms with Crippen molar-refractivity contribution >= 4 is 13.6 Å². The summed E-state index contributed by atoms with van der Waals surface area (Å²) in [6.07, 6.45) is 0.538. The van der Waals surface area contributed by atoms with Crippen LogP contribution >= 0.6 is 7.60 Å². The van der Waals surface area contributed by atoms with Gasteiger partial charge in [0.1, 0.15) is 0 Å². The zero-order valence-corrected chi connectivity index (χ0v) is 10.9. The second kappa shape index (κ2) is 5.80. The largest absolute Gasteiger partial charge is 0.466 e. The number of carbonyl (C=O) groups excluding carboxylic acids is 1. The van der Waals surface area contributed by atoms with Gasteiger partial charge in [-0.15, -0.1) is 0 Å². The molecule has 2 atom stereocenters. The summed E-state index contributed by atoms with van der Waals surface area (Å²) < 4.78 is 27.5. The standard InChI is InChI=1S/C10H19O5P/c1-4-13-10(11)8-7-9(8)16(12,14-5-2)15-6-3/h8-9H,4-7H2,1-3H3/t8-,9+/m1/s1. The summed E-state index contributed by atoms with van der Waals surface area (Å²) in [5, 5.41) is 0. The van der Waals surface area contributed by atoms with Crippen LogP contribution in [-0.4, -0.2) is 31.4 Å². The van der Waals surface area contributed by atoms with Gasteiger partial charge >= 0.3 is 13.6 Å². The molecular weight excluding hydrogens is 231 g/mol. The quantitative estimate of drug-likeness (QED) is 0.512. The van der Waals surface area contributed by atoms with E-state index in [1.165, 1.54) is 0 Å². The summed E-state index contributed by atoms with van der Waals surface area (Å²) >= 11 is 0. The highest BCUT2D eigenvalue weighted by atomic mass is 31.2. The Bertz CT molecular complexity index is 281. The van der Waals surface area contributed by atoms with Crippen LogP contribution in [0, 0.1) is 5.92 Å². The maximum absolute atomic E-state index is 12.2. The molecule has 0 heterocycles. The van der Waals surface area contributed by atoms with Gasteiger partial charge in [-0.2, -0.15) is 0 Å². The fraction of sp³-hybridized carbons (Fsp3) is 0.900. The molecule has 0 aromatic heterocycles. The molecule has 0 unspecified atom stereocenters. The van der Waals surface area contributed by atoms with E-state index in [0.29, 0.717) is 26.2 Å². The highest BCUT2D eigenvalue weighted by Gasteiger charge is 2.57. The average molecular weight is 250 g/mol. The molecule has 1 aliphatic rings. The van der Waals surface area contributed by atoms with Crippen LogP contribution in [0.5, 0.6) is 0 Å². The molecule has 5 nitrogen and oxygen atoms in total. The second-order valence-electron chi connectivity index (χ2n) is 3.54. The lowest BCUT2D eigenvalue weighted by molar-refractivity contribution is -0.144. The molecule has 0 amide bonds. The molecular formula is C10H19O5P. The molecule has 0 radical (unpaired) electrons. The molecule has 6 heteroatoms. The minimum atomic E-state index is -3.11. The molecule has 94 valence electrons. The van der Waals surface area contributed by atoms with Crippen molar-refractivity contribution in [1.82, 2.24) is 0 Å². The summed E-state index contributed by atoms with van der Waals surface area (Å²) in [5.41, 5.74) is -0.313. The van der Waals surface area contributed by atoms with Gasteiger partial charge in [-0.05, 0) is 27.2 Å². The van der Waals surface area contributed by atoms with Gasteiger partial charge in [-0.3, -0.25) is 9.36 Å². The fourth-order valence-electron chi connectivity index (χ4n) is 1.62. The molecule has 1 fully saturated rings. The maximum atomic E-state index is 12.2. The SMILES string of the molecule is CCOC(=O)[C@@H]1C[C@@H]1P(=O)(OCC)OCC. The first-order valence-electron chi connectivity index (χ1n) is 5.64. The third-order valence-electron chi connectivity index (χ3n) is 2.37. The Kier molecular flexibility index (Phi) is 4.96. The summed E-state index contributed by atoms with van der Waals surface area (Å²) in [4.78, 5) is 11.4. The Hall–Kier alpha value is -0.380. The molecule has 0 aromatic carbocycles. The normalized spacial score (nSPS) is 24.2. The number of esters is 1. The lowest BCUT2D eigenvalue weighted by Crippen LogP contribution is -2.11. The Balaban J connectivity index is 2.57. The smallest absolute Gasteiger partial charge is 0.334 e. The average Bonchev–Trinajstić information content (AvgIpc) is 2.98. The predicted octanol–water partition coefficient (Wildman–Crippen LogP) is 2.20. The first-order chi connectivity index (χ1) is 7.59. The first kappa shape index (κ1) is 13.7. The zero-order valence-electron chi connectivity index (χ0n) is 9.97. The van der Waals surface area contributed by atoms with Gasteiger partial charge in [0, 0.05) is 0 Å². The van der Waals surface area contributed by atoms with Crippen LogP contribution < -0.4 is 0 Å². The molecule has 0 saturated heterocycles. The van der Waals surface area contributed by atoms with Crippen LogP contribution in [0.3, 0.4) is 0 Å². The van der Waals surface area contributed by atoms with E-state index < -0.39 is 7.60 Å². The van der Waals surface area contributed by atoms with Gasteiger partial charge in [0.05, 0.1) is 31.4 Å². The number of hydrogen-bond acceptors (Lipinski definition) is 5. The third-order valence-corrected chi connectivity index (χ3v) is 4.99. The highest BCUT2D eigenvalue weighted by molar-refractivity contribution is 7.55. The van der Waals surface area contributed by atoms with Crippen LogP contribution in [0.25, 0.3) is 0 Å². The van der Waals surface area contributed by atoms with Crippen LogP contribution in [-0.2, 0) is 23.1 Å². The van der Waals surface area contributed by atoms with E-state index in [1.54, 1.807) is 20.8 Å². The Labute approximate surface area is 96.0 Å². The van der Waals surface area contributed by atoms with Crippen molar-refractivity contribution in [3.8, 4) is 0 Å². The summed E-state index contributed by atoms with van der Waals surface area (Å²) in [6, 6.07) is 0. The molecule has 0 spiro atoms. The van der Waals surface area contributed by atoms with Crippen LogP contribution in [0.1, 0.15) is 27.2 Å². The molecule has 0 aromatic rings. The highest BCUT2D eigenvalue weighted by Crippen LogP contribution is 2.65. The lowest BCUT2D eigenvalue weighted by atomic mass is 10.4. The number of hydrogen-bond donors (Lipinski definition) is 0. The van der Waals surface area contributed by atoms with E-state index in [2.05, 4.69) is 0 Å². The van der Waals surface area contributed by atoms with Crippen LogP contribution in [0.2, 0.25) is 0 Å². The van der Waals surface area contributed by atoms with Crippen molar-refractivity contribution in [1.29, 1.82) is 0 Å². The van der Waals surface area contributed by atoms with E-state index in [9.17, 15) is 9.36 Å². The molecule has 1 rings (SSSR count). The van der Waals surface area contributed by atoms with E-state index in [1.807, 2.05) is 0 Å². The van der Waals surface area contributed by atoms with Crippen molar-refractivity contribution in [2.75, 3.05) is 19.8 Å². The summed E-state index contributed by atoms with van der Waals surface area (Å²) in [7, 11) is -3.11. The van der Waals surface area contributed by atoms with Crippen molar-refractivity contribution < 1.29 is 23.1 Å². The van der Waals surface area contributed by atoms with Crippen molar-refractivity contribution in [3.05, 3.63) is 0 Å². The second-order valence-corrected chi connectivity index (χ2v) is 5.80. The first-order valence-corrected chi connectivity index (χ1v) is 7.25. The van der Waals surface area contributed by atoms with E-state index in [0.717, 1.165) is 0 Å². The maximum Gasteiger partial charge on any atom is 0.334 e. The number of rotatable bonds is 7. The van der Waals surface area contributed by atoms with Crippen molar-refractivity contribution in [3.63, 3.8) is 0 Å². The molecule has 16 heavy (non-hydrogen) atoms. The zero-order chi connectivity index (χ0) is 12.2. The van der Waals surface area contributed by atoms with Crippen LogP contribution in [0.15, 0.2) is 0 Å². The lowest BCUT2D eigenvalue weighted by Gasteiger charge is -2.16. The topological polar surface area (TPSA) is 61.8 Å². The van der Waals surface area contributed by atoms with Gasteiger partial charge in [0.15, 0.2) is 0 Å². The Morgan fingerprint density at radius 3 is 2.19 bits per heavy atom. The molecule has 0 bridgehead atoms. The summed E-state index contributed by atoms with van der Waals surface area (Å²) in [6.45, 7) is 6.25. The molecule has 1 saturated carbocycles. The Morgan fingerprint density at radius 2 is 1.75 bits per heavy atom. The van der Waals surface area contributed by atoms with Gasteiger partial charge in [-0.1, -0.05) is 0 Å². The van der Waals surface area contributed by atoms with E-state index >= 15 is 0 Å². The monoisotopic (exact) mass is 250 g/mol. The fourth-order valence-corrected chi connectivity index (χ4v) is 3.85. The number of ether oxygens (including phenoxy) is 1. The van der Waals surface area contributed by atoms with E-state index in [-0.39, 0.29) is 17.5 Å². The predicted molar refractivity (Wildman–Crippen MR) is 59.4 cm³/mol. The summed E-state index contributed by atoms with van der Waals surface area (Å²) in [5.74, 6) is -0.615. The van der Waals surface area contributed by atoms with Crippen LogP contribution in [0.4, 0.5) is 0 Å². The molecule has 0 N–H and O–H groups in total. The number of carbonyl (C=O) groups is 1. The third kappa shape index (κ3) is 3.06. The minimum absolute atomic E-state index is 0.299. The van der Waals surface area contributed by atoms with Crippen molar-refractivity contribution in [2.45, 2.75) is 32.9 Å². The molecule has 0 aliphatic heterocycles. The molecule has 1 aliphatic carbocycles. The minimum Gasteiger partial charge on any atom is -0.466 e.